The molecule has 0 atom stereocenters. The van der Waals surface area contributed by atoms with Gasteiger partial charge in [0.25, 0.3) is 0 Å². The first kappa shape index (κ1) is 10.5. The third-order valence-electron chi connectivity index (χ3n) is 2.34. The zero-order valence-electron chi connectivity index (χ0n) is 9.46. The Labute approximate surface area is 94.5 Å². The molecule has 16 heavy (non-hydrogen) atoms. The highest BCUT2D eigenvalue weighted by molar-refractivity contribution is 5.49. The lowest BCUT2D eigenvalue weighted by molar-refractivity contribution is 0.766. The van der Waals surface area contributed by atoms with Crippen molar-refractivity contribution in [2.45, 2.75) is 6.54 Å². The summed E-state index contributed by atoms with van der Waals surface area (Å²) in [7, 11) is 3.89. The maximum Gasteiger partial charge on any atom is 0.130 e. The Hall–Kier alpha value is -2.04. The van der Waals surface area contributed by atoms with Gasteiger partial charge in [-0.25, -0.2) is 4.98 Å². The standard InChI is InChI=1S/C11H15N5/c1-15(7-9-6-14-16(2)8-9)11-5-10(12)3-4-13-11/h3-6,8H,7H2,1-2H3,(H2,12,13). The molecule has 0 aromatic carbocycles. The van der Waals surface area contributed by atoms with Crippen LogP contribution in [0.15, 0.2) is 30.7 Å². The molecular weight excluding hydrogens is 202 g/mol. The van der Waals surface area contributed by atoms with Crippen molar-refractivity contribution in [3.8, 4) is 0 Å². The maximum atomic E-state index is 5.71. The van der Waals surface area contributed by atoms with Gasteiger partial charge in [-0.05, 0) is 6.07 Å². The lowest BCUT2D eigenvalue weighted by atomic mass is 10.3. The largest absolute Gasteiger partial charge is 0.399 e. The maximum absolute atomic E-state index is 5.71. The van der Waals surface area contributed by atoms with E-state index < -0.39 is 0 Å². The third kappa shape index (κ3) is 2.31. The normalized spacial score (nSPS) is 10.4. The SMILES string of the molecule is CN(Cc1cnn(C)c1)c1cc(N)ccn1. The molecule has 84 valence electrons. The predicted molar refractivity (Wildman–Crippen MR) is 64.0 cm³/mol. The second kappa shape index (κ2) is 4.22. The first-order valence-corrected chi connectivity index (χ1v) is 5.05. The van der Waals surface area contributed by atoms with E-state index in [-0.39, 0.29) is 0 Å². The highest BCUT2D eigenvalue weighted by Gasteiger charge is 2.04. The minimum atomic E-state index is 0.725. The van der Waals surface area contributed by atoms with Crippen LogP contribution in [0.4, 0.5) is 11.5 Å². The molecule has 0 saturated carbocycles. The lowest BCUT2D eigenvalue weighted by Crippen LogP contribution is -2.17. The molecule has 0 amide bonds. The fraction of sp³-hybridized carbons (Fsp3) is 0.273. The molecular formula is C11H15N5. The molecule has 2 N–H and O–H groups in total. The molecule has 0 radical (unpaired) electrons. The fourth-order valence-electron chi connectivity index (χ4n) is 1.55. The zero-order valence-corrected chi connectivity index (χ0v) is 9.46. The minimum absolute atomic E-state index is 0.725. The van der Waals surface area contributed by atoms with E-state index in [1.807, 2.05) is 37.5 Å². The number of aryl methyl sites for hydroxylation is 1. The van der Waals surface area contributed by atoms with E-state index in [2.05, 4.69) is 10.1 Å². The van der Waals surface area contributed by atoms with Crippen molar-refractivity contribution in [2.24, 2.45) is 7.05 Å². The van der Waals surface area contributed by atoms with Gasteiger partial charge < -0.3 is 10.6 Å². The van der Waals surface area contributed by atoms with Gasteiger partial charge in [-0.15, -0.1) is 0 Å². The van der Waals surface area contributed by atoms with Crippen molar-refractivity contribution in [3.63, 3.8) is 0 Å². The molecule has 0 unspecified atom stereocenters. The summed E-state index contributed by atoms with van der Waals surface area (Å²) in [6.45, 7) is 0.768. The third-order valence-corrected chi connectivity index (χ3v) is 2.34. The molecule has 0 spiro atoms. The van der Waals surface area contributed by atoms with Crippen LogP contribution in [0.25, 0.3) is 0 Å². The quantitative estimate of drug-likeness (QED) is 0.834. The number of rotatable bonds is 3. The number of anilines is 2. The average molecular weight is 217 g/mol. The van der Waals surface area contributed by atoms with Gasteiger partial charge in [-0.3, -0.25) is 4.68 Å². The molecule has 5 heteroatoms. The summed E-state index contributed by atoms with van der Waals surface area (Å²) in [6.07, 6.45) is 5.55. The number of hydrogen-bond donors (Lipinski definition) is 1. The molecule has 2 aromatic heterocycles. The zero-order chi connectivity index (χ0) is 11.5. The molecule has 5 nitrogen and oxygen atoms in total. The molecule has 2 aromatic rings. The smallest absolute Gasteiger partial charge is 0.130 e. The van der Waals surface area contributed by atoms with Crippen LogP contribution in [-0.4, -0.2) is 21.8 Å². The Bertz CT molecular complexity index is 477. The summed E-state index contributed by atoms with van der Waals surface area (Å²) in [5.41, 5.74) is 7.58. The molecule has 0 aliphatic heterocycles. The van der Waals surface area contributed by atoms with Crippen molar-refractivity contribution < 1.29 is 0 Å². The van der Waals surface area contributed by atoms with Crippen LogP contribution in [0, 0.1) is 0 Å². The number of pyridine rings is 1. The highest BCUT2D eigenvalue weighted by atomic mass is 15.2. The first-order valence-electron chi connectivity index (χ1n) is 5.05. The topological polar surface area (TPSA) is 60.0 Å². The summed E-state index contributed by atoms with van der Waals surface area (Å²) in [5.74, 6) is 0.865. The van der Waals surface area contributed by atoms with Crippen molar-refractivity contribution in [3.05, 3.63) is 36.3 Å². The summed E-state index contributed by atoms with van der Waals surface area (Å²) in [5, 5.41) is 4.13. The molecule has 0 aliphatic carbocycles. The van der Waals surface area contributed by atoms with Gasteiger partial charge in [0.1, 0.15) is 5.82 Å². The van der Waals surface area contributed by atoms with Crippen molar-refractivity contribution >= 4 is 11.5 Å². The van der Waals surface area contributed by atoms with E-state index in [0.29, 0.717) is 0 Å². The summed E-state index contributed by atoms with van der Waals surface area (Å²) in [4.78, 5) is 6.30. The second-order valence-corrected chi connectivity index (χ2v) is 3.83. The van der Waals surface area contributed by atoms with E-state index in [1.54, 1.807) is 16.9 Å². The Morgan fingerprint density at radius 3 is 2.94 bits per heavy atom. The molecule has 0 fully saturated rings. The van der Waals surface area contributed by atoms with Crippen molar-refractivity contribution in [1.29, 1.82) is 0 Å². The first-order chi connectivity index (χ1) is 7.65. The predicted octanol–water partition coefficient (Wildman–Crippen LogP) is 1.03. The van der Waals surface area contributed by atoms with E-state index in [4.69, 9.17) is 5.73 Å². The summed E-state index contributed by atoms with van der Waals surface area (Å²) in [6, 6.07) is 3.64. The van der Waals surface area contributed by atoms with Gasteiger partial charge in [0.15, 0.2) is 0 Å². The Balaban J connectivity index is 2.11. The number of nitrogens with two attached hydrogens (primary N) is 1. The van der Waals surface area contributed by atoms with Gasteiger partial charge in [-0.2, -0.15) is 5.10 Å². The van der Waals surface area contributed by atoms with Gasteiger partial charge >= 0.3 is 0 Å². The number of nitrogen functional groups attached to an aromatic ring is 1. The van der Waals surface area contributed by atoms with Crippen LogP contribution in [0.3, 0.4) is 0 Å². The van der Waals surface area contributed by atoms with E-state index >= 15 is 0 Å². The highest BCUT2D eigenvalue weighted by Crippen LogP contribution is 2.14. The molecule has 2 rings (SSSR count). The fourth-order valence-corrected chi connectivity index (χ4v) is 1.55. The van der Waals surface area contributed by atoms with Crippen LogP contribution < -0.4 is 10.6 Å². The van der Waals surface area contributed by atoms with Crippen LogP contribution in [0.1, 0.15) is 5.56 Å². The summed E-state index contributed by atoms with van der Waals surface area (Å²) < 4.78 is 1.79. The van der Waals surface area contributed by atoms with Crippen molar-refractivity contribution in [2.75, 3.05) is 17.7 Å². The van der Waals surface area contributed by atoms with E-state index in [9.17, 15) is 0 Å². The Kier molecular flexibility index (Phi) is 2.76. The molecule has 0 saturated heterocycles. The lowest BCUT2D eigenvalue weighted by Gasteiger charge is -2.17. The van der Waals surface area contributed by atoms with Gasteiger partial charge in [0, 0.05) is 50.4 Å². The van der Waals surface area contributed by atoms with Gasteiger partial charge in [-0.1, -0.05) is 0 Å². The number of nitrogens with zero attached hydrogens (tertiary/aromatic N) is 4. The van der Waals surface area contributed by atoms with Crippen LogP contribution >= 0.6 is 0 Å². The molecule has 0 bridgehead atoms. The van der Waals surface area contributed by atoms with Crippen LogP contribution in [0.2, 0.25) is 0 Å². The Morgan fingerprint density at radius 2 is 2.31 bits per heavy atom. The van der Waals surface area contributed by atoms with Crippen LogP contribution in [0.5, 0.6) is 0 Å². The molecule has 2 heterocycles. The second-order valence-electron chi connectivity index (χ2n) is 3.83. The van der Waals surface area contributed by atoms with E-state index in [0.717, 1.165) is 23.6 Å². The van der Waals surface area contributed by atoms with Gasteiger partial charge in [0.05, 0.1) is 6.20 Å². The molecule has 0 aliphatic rings. The minimum Gasteiger partial charge on any atom is -0.399 e. The Morgan fingerprint density at radius 1 is 1.50 bits per heavy atom. The van der Waals surface area contributed by atoms with Crippen LogP contribution in [-0.2, 0) is 13.6 Å². The van der Waals surface area contributed by atoms with Gasteiger partial charge in [0.2, 0.25) is 0 Å². The van der Waals surface area contributed by atoms with Crippen molar-refractivity contribution in [1.82, 2.24) is 14.8 Å². The van der Waals surface area contributed by atoms with E-state index in [1.165, 1.54) is 0 Å². The summed E-state index contributed by atoms with van der Waals surface area (Å²) >= 11 is 0. The monoisotopic (exact) mass is 217 g/mol. The number of hydrogen-bond acceptors (Lipinski definition) is 4. The average Bonchev–Trinajstić information content (AvgIpc) is 2.64. The number of aromatic nitrogens is 3.